The van der Waals surface area contributed by atoms with E-state index < -0.39 is 12.0 Å². The van der Waals surface area contributed by atoms with Gasteiger partial charge in [0.15, 0.2) is 6.04 Å². The molecule has 3 nitrogen and oxygen atoms in total. The smallest absolute Gasteiger partial charge is 0.331 e. The molecule has 0 spiro atoms. The van der Waals surface area contributed by atoms with Gasteiger partial charge in [-0.15, -0.1) is 11.3 Å². The van der Waals surface area contributed by atoms with Crippen molar-refractivity contribution in [1.82, 2.24) is 0 Å². The average Bonchev–Trinajstić information content (AvgIpc) is 2.86. The molecular weight excluding hydrogens is 341 g/mol. The lowest BCUT2D eigenvalue weighted by Crippen LogP contribution is -2.19. The fourth-order valence-electron chi connectivity index (χ4n) is 2.20. The summed E-state index contributed by atoms with van der Waals surface area (Å²) in [5, 5.41) is 14.4. The third kappa shape index (κ3) is 3.19. The number of hydrogen-bond donors (Lipinski definition) is 2. The van der Waals surface area contributed by atoms with Gasteiger partial charge in [-0.05, 0) is 35.7 Å². The number of anilines is 1. The van der Waals surface area contributed by atoms with E-state index in [0.29, 0.717) is 15.7 Å². The Balaban J connectivity index is 1.97. The first kappa shape index (κ1) is 15.2. The molecule has 0 aliphatic carbocycles. The van der Waals surface area contributed by atoms with Crippen LogP contribution in [0.4, 0.5) is 5.69 Å². The number of benzene rings is 2. The van der Waals surface area contributed by atoms with Crippen LogP contribution in [-0.4, -0.2) is 11.1 Å². The maximum absolute atomic E-state index is 11.6. The molecule has 6 heteroatoms. The maximum Gasteiger partial charge on any atom is 0.331 e. The molecular formula is C16H11Cl2NO2S. The first-order valence-electron chi connectivity index (χ1n) is 6.47. The summed E-state index contributed by atoms with van der Waals surface area (Å²) in [4.78, 5) is 12.4. The molecule has 0 radical (unpaired) electrons. The van der Waals surface area contributed by atoms with E-state index in [1.54, 1.807) is 18.2 Å². The van der Waals surface area contributed by atoms with Gasteiger partial charge in [-0.2, -0.15) is 0 Å². The number of carboxylic acid groups (broad SMARTS) is 1. The van der Waals surface area contributed by atoms with Crippen molar-refractivity contribution in [2.75, 3.05) is 5.32 Å². The minimum absolute atomic E-state index is 0.454. The number of nitrogens with one attached hydrogen (secondary N) is 1. The van der Waals surface area contributed by atoms with Crippen molar-refractivity contribution in [3.63, 3.8) is 0 Å². The Hall–Kier alpha value is -1.75. The standard InChI is InChI=1S/C16H11Cl2NO2S/c17-10-6-11(18)8-12(7-10)19-15(16(20)21)14-5-9-3-1-2-4-13(9)22-14/h1-8,15,19H,(H,20,21). The molecule has 2 N–H and O–H groups in total. The molecule has 112 valence electrons. The topological polar surface area (TPSA) is 49.3 Å². The molecule has 0 bridgehead atoms. The van der Waals surface area contributed by atoms with E-state index in [-0.39, 0.29) is 0 Å². The van der Waals surface area contributed by atoms with E-state index in [2.05, 4.69) is 5.32 Å². The monoisotopic (exact) mass is 351 g/mol. The summed E-state index contributed by atoms with van der Waals surface area (Å²) in [5.74, 6) is -0.956. The van der Waals surface area contributed by atoms with Crippen molar-refractivity contribution >= 4 is 56.3 Å². The van der Waals surface area contributed by atoms with Gasteiger partial charge in [0, 0.05) is 25.3 Å². The highest BCUT2D eigenvalue weighted by molar-refractivity contribution is 7.19. The van der Waals surface area contributed by atoms with E-state index >= 15 is 0 Å². The zero-order valence-electron chi connectivity index (χ0n) is 11.2. The second-order valence-electron chi connectivity index (χ2n) is 4.76. The van der Waals surface area contributed by atoms with Crippen molar-refractivity contribution in [1.29, 1.82) is 0 Å². The zero-order valence-corrected chi connectivity index (χ0v) is 13.5. The highest BCUT2D eigenvalue weighted by atomic mass is 35.5. The van der Waals surface area contributed by atoms with Crippen LogP contribution in [-0.2, 0) is 4.79 Å². The third-order valence-electron chi connectivity index (χ3n) is 3.15. The highest BCUT2D eigenvalue weighted by Gasteiger charge is 2.22. The fourth-order valence-corrected chi connectivity index (χ4v) is 3.84. The number of carboxylic acids is 1. The molecule has 0 saturated carbocycles. The summed E-state index contributed by atoms with van der Waals surface area (Å²) < 4.78 is 1.05. The molecule has 0 fully saturated rings. The van der Waals surface area contributed by atoms with Crippen LogP contribution >= 0.6 is 34.5 Å². The minimum atomic E-state index is -0.956. The number of fused-ring (bicyclic) bond motifs is 1. The Morgan fingerprint density at radius 3 is 2.41 bits per heavy atom. The summed E-state index contributed by atoms with van der Waals surface area (Å²) >= 11 is 13.4. The Morgan fingerprint density at radius 1 is 1.09 bits per heavy atom. The lowest BCUT2D eigenvalue weighted by molar-refractivity contribution is -0.138. The van der Waals surface area contributed by atoms with Crippen LogP contribution in [0.15, 0.2) is 48.5 Å². The van der Waals surface area contributed by atoms with Gasteiger partial charge < -0.3 is 10.4 Å². The van der Waals surface area contributed by atoms with E-state index in [4.69, 9.17) is 23.2 Å². The molecule has 0 amide bonds. The Kier molecular flexibility index (Phi) is 4.25. The molecule has 3 rings (SSSR count). The summed E-state index contributed by atoms with van der Waals surface area (Å²) in [7, 11) is 0. The summed E-state index contributed by atoms with van der Waals surface area (Å²) in [6.07, 6.45) is 0. The van der Waals surface area contributed by atoms with Crippen LogP contribution in [0.2, 0.25) is 10.0 Å². The molecule has 1 heterocycles. The predicted molar refractivity (Wildman–Crippen MR) is 92.3 cm³/mol. The summed E-state index contributed by atoms with van der Waals surface area (Å²) in [6, 6.07) is 13.7. The van der Waals surface area contributed by atoms with Crippen molar-refractivity contribution in [3.8, 4) is 0 Å². The first-order valence-corrected chi connectivity index (χ1v) is 8.04. The van der Waals surface area contributed by atoms with Gasteiger partial charge in [0.2, 0.25) is 0 Å². The predicted octanol–water partition coefficient (Wildman–Crippen LogP) is 5.45. The lowest BCUT2D eigenvalue weighted by Gasteiger charge is -2.14. The minimum Gasteiger partial charge on any atom is -0.479 e. The summed E-state index contributed by atoms with van der Waals surface area (Å²) in [5.41, 5.74) is 0.572. The SMILES string of the molecule is O=C(O)C(Nc1cc(Cl)cc(Cl)c1)c1cc2ccccc2s1. The number of hydrogen-bond acceptors (Lipinski definition) is 3. The van der Waals surface area contributed by atoms with E-state index in [1.165, 1.54) is 11.3 Å². The molecule has 0 aliphatic heterocycles. The van der Waals surface area contributed by atoms with Gasteiger partial charge in [-0.25, -0.2) is 4.79 Å². The average molecular weight is 352 g/mol. The van der Waals surface area contributed by atoms with Gasteiger partial charge in [-0.1, -0.05) is 41.4 Å². The van der Waals surface area contributed by atoms with Crippen molar-refractivity contribution in [2.24, 2.45) is 0 Å². The number of rotatable bonds is 4. The van der Waals surface area contributed by atoms with Crippen molar-refractivity contribution < 1.29 is 9.90 Å². The Morgan fingerprint density at radius 2 is 1.77 bits per heavy atom. The largest absolute Gasteiger partial charge is 0.479 e. The highest BCUT2D eigenvalue weighted by Crippen LogP contribution is 2.33. The van der Waals surface area contributed by atoms with Crippen LogP contribution in [0.5, 0.6) is 0 Å². The molecule has 3 aromatic rings. The number of halogens is 2. The van der Waals surface area contributed by atoms with Crippen LogP contribution in [0, 0.1) is 0 Å². The van der Waals surface area contributed by atoms with Crippen LogP contribution in [0.1, 0.15) is 10.9 Å². The second kappa shape index (κ2) is 6.16. The van der Waals surface area contributed by atoms with Crippen LogP contribution in [0.3, 0.4) is 0 Å². The van der Waals surface area contributed by atoms with Gasteiger partial charge >= 0.3 is 5.97 Å². The molecule has 1 atom stereocenters. The summed E-state index contributed by atoms with van der Waals surface area (Å²) in [6.45, 7) is 0. The molecule has 22 heavy (non-hydrogen) atoms. The van der Waals surface area contributed by atoms with Gasteiger partial charge in [0.05, 0.1) is 0 Å². The van der Waals surface area contributed by atoms with Crippen molar-refractivity contribution in [2.45, 2.75) is 6.04 Å². The lowest BCUT2D eigenvalue weighted by atomic mass is 10.2. The van der Waals surface area contributed by atoms with E-state index in [9.17, 15) is 9.90 Å². The molecule has 0 aliphatic rings. The molecule has 2 aromatic carbocycles. The first-order chi connectivity index (χ1) is 10.5. The Bertz CT molecular complexity index is 794. The molecule has 1 unspecified atom stereocenters. The van der Waals surface area contributed by atoms with Crippen molar-refractivity contribution in [3.05, 3.63) is 63.5 Å². The molecule has 1 aromatic heterocycles. The maximum atomic E-state index is 11.6. The van der Waals surface area contributed by atoms with E-state index in [0.717, 1.165) is 15.0 Å². The third-order valence-corrected chi connectivity index (χ3v) is 4.77. The van der Waals surface area contributed by atoms with Gasteiger partial charge in [-0.3, -0.25) is 0 Å². The van der Waals surface area contributed by atoms with E-state index in [1.807, 2.05) is 30.3 Å². The van der Waals surface area contributed by atoms with Crippen LogP contribution in [0.25, 0.3) is 10.1 Å². The molecule has 0 saturated heterocycles. The second-order valence-corrected chi connectivity index (χ2v) is 6.75. The number of carbonyl (C=O) groups is 1. The van der Waals surface area contributed by atoms with Crippen LogP contribution < -0.4 is 5.32 Å². The van der Waals surface area contributed by atoms with Gasteiger partial charge in [0.1, 0.15) is 0 Å². The number of aliphatic carboxylic acids is 1. The van der Waals surface area contributed by atoms with Gasteiger partial charge in [0.25, 0.3) is 0 Å². The quantitative estimate of drug-likeness (QED) is 0.657. The zero-order chi connectivity index (χ0) is 15.7. The fraction of sp³-hybridized carbons (Fsp3) is 0.0625. The number of thiophene rings is 1. The normalized spacial score (nSPS) is 12.3. The Labute approximate surface area is 141 Å².